The Balaban J connectivity index is 2.36. The maximum Gasteiger partial charge on any atom is 0.337 e. The fraction of sp³-hybridized carbons (Fsp3) is 0.467. The van der Waals surface area contributed by atoms with E-state index in [0.717, 1.165) is 37.0 Å². The van der Waals surface area contributed by atoms with Gasteiger partial charge in [0, 0.05) is 18.3 Å². The largest absolute Gasteiger partial charge is 0.478 e. The van der Waals surface area contributed by atoms with Crippen molar-refractivity contribution in [1.29, 1.82) is 0 Å². The second-order valence-corrected chi connectivity index (χ2v) is 4.93. The molecule has 0 fully saturated rings. The van der Waals surface area contributed by atoms with E-state index < -0.39 is 5.97 Å². The van der Waals surface area contributed by atoms with Gasteiger partial charge in [0.2, 0.25) is 0 Å². The van der Waals surface area contributed by atoms with Gasteiger partial charge in [-0.15, -0.1) is 0 Å². The molecule has 2 rings (SSSR count). The SMILES string of the molecule is CCCC(CCC)c1cn2cc(C(=O)O)ccc2n1. The molecule has 4 heteroatoms. The minimum absolute atomic E-state index is 0.291. The zero-order valence-electron chi connectivity index (χ0n) is 11.5. The minimum Gasteiger partial charge on any atom is -0.478 e. The van der Waals surface area contributed by atoms with Crippen molar-refractivity contribution in [2.45, 2.75) is 45.4 Å². The van der Waals surface area contributed by atoms with Gasteiger partial charge in [-0.1, -0.05) is 26.7 Å². The lowest BCUT2D eigenvalue weighted by atomic mass is 9.95. The van der Waals surface area contributed by atoms with Crippen molar-refractivity contribution >= 4 is 11.6 Å². The zero-order chi connectivity index (χ0) is 13.8. The van der Waals surface area contributed by atoms with Crippen LogP contribution in [0.2, 0.25) is 0 Å². The number of aromatic carboxylic acids is 1. The average Bonchev–Trinajstić information content (AvgIpc) is 2.80. The molecule has 0 aliphatic rings. The third-order valence-corrected chi connectivity index (χ3v) is 3.41. The van der Waals surface area contributed by atoms with E-state index in [-0.39, 0.29) is 0 Å². The molecule has 2 aromatic heterocycles. The van der Waals surface area contributed by atoms with E-state index in [0.29, 0.717) is 11.5 Å². The van der Waals surface area contributed by atoms with Gasteiger partial charge in [-0.3, -0.25) is 0 Å². The molecule has 0 spiro atoms. The standard InChI is InChI=1S/C15H20N2O2/c1-3-5-11(6-4-2)13-10-17-9-12(15(18)19)7-8-14(17)16-13/h7-11H,3-6H2,1-2H3,(H,18,19). The van der Waals surface area contributed by atoms with Gasteiger partial charge in [0.1, 0.15) is 5.65 Å². The monoisotopic (exact) mass is 260 g/mol. The van der Waals surface area contributed by atoms with Crippen molar-refractivity contribution in [3.8, 4) is 0 Å². The molecule has 102 valence electrons. The van der Waals surface area contributed by atoms with E-state index in [1.807, 2.05) is 10.6 Å². The van der Waals surface area contributed by atoms with Gasteiger partial charge in [0.25, 0.3) is 0 Å². The van der Waals surface area contributed by atoms with Crippen LogP contribution in [0.4, 0.5) is 0 Å². The number of nitrogens with zero attached hydrogens (tertiary/aromatic N) is 2. The topological polar surface area (TPSA) is 54.6 Å². The van der Waals surface area contributed by atoms with Gasteiger partial charge >= 0.3 is 5.97 Å². The molecule has 0 saturated carbocycles. The van der Waals surface area contributed by atoms with Crippen LogP contribution in [0.25, 0.3) is 5.65 Å². The Morgan fingerprint density at radius 2 is 1.95 bits per heavy atom. The van der Waals surface area contributed by atoms with E-state index in [1.54, 1.807) is 18.3 Å². The number of pyridine rings is 1. The number of aromatic nitrogens is 2. The fourth-order valence-electron chi connectivity index (χ4n) is 2.47. The molecule has 1 N–H and O–H groups in total. The second kappa shape index (κ2) is 5.87. The molecule has 0 atom stereocenters. The molecule has 4 nitrogen and oxygen atoms in total. The predicted molar refractivity (Wildman–Crippen MR) is 74.7 cm³/mol. The molecular formula is C15H20N2O2. The lowest BCUT2D eigenvalue weighted by Gasteiger charge is -2.11. The predicted octanol–water partition coefficient (Wildman–Crippen LogP) is 3.72. The fourth-order valence-corrected chi connectivity index (χ4v) is 2.47. The number of imidazole rings is 1. The summed E-state index contributed by atoms with van der Waals surface area (Å²) in [6.45, 7) is 4.36. The molecule has 2 aromatic rings. The van der Waals surface area contributed by atoms with Gasteiger partial charge < -0.3 is 9.51 Å². The van der Waals surface area contributed by atoms with Gasteiger partial charge in [0.15, 0.2) is 0 Å². The minimum atomic E-state index is -0.907. The Kier molecular flexibility index (Phi) is 4.20. The average molecular weight is 260 g/mol. The number of hydrogen-bond donors (Lipinski definition) is 1. The number of hydrogen-bond acceptors (Lipinski definition) is 2. The number of rotatable bonds is 6. The highest BCUT2D eigenvalue weighted by Crippen LogP contribution is 2.26. The van der Waals surface area contributed by atoms with Crippen LogP contribution < -0.4 is 0 Å². The highest BCUT2D eigenvalue weighted by Gasteiger charge is 2.14. The van der Waals surface area contributed by atoms with Crippen molar-refractivity contribution in [3.05, 3.63) is 35.8 Å². The summed E-state index contributed by atoms with van der Waals surface area (Å²) in [5, 5.41) is 8.99. The van der Waals surface area contributed by atoms with E-state index in [4.69, 9.17) is 5.11 Å². The molecule has 0 aliphatic carbocycles. The van der Waals surface area contributed by atoms with Crippen LogP contribution in [0, 0.1) is 0 Å². The first-order valence-electron chi connectivity index (χ1n) is 6.87. The number of fused-ring (bicyclic) bond motifs is 1. The molecule has 0 bridgehead atoms. The Morgan fingerprint density at radius 3 is 2.53 bits per heavy atom. The van der Waals surface area contributed by atoms with Crippen LogP contribution in [0.1, 0.15) is 61.5 Å². The first-order valence-corrected chi connectivity index (χ1v) is 6.87. The van der Waals surface area contributed by atoms with Crippen molar-refractivity contribution in [3.63, 3.8) is 0 Å². The highest BCUT2D eigenvalue weighted by molar-refractivity contribution is 5.87. The van der Waals surface area contributed by atoms with Gasteiger partial charge in [-0.25, -0.2) is 9.78 Å². The highest BCUT2D eigenvalue weighted by atomic mass is 16.4. The summed E-state index contributed by atoms with van der Waals surface area (Å²) in [5.74, 6) is -0.431. The van der Waals surface area contributed by atoms with Crippen molar-refractivity contribution in [2.24, 2.45) is 0 Å². The lowest BCUT2D eigenvalue weighted by molar-refractivity contribution is 0.0696. The van der Waals surface area contributed by atoms with E-state index >= 15 is 0 Å². The Labute approximate surface area is 113 Å². The summed E-state index contributed by atoms with van der Waals surface area (Å²) in [6, 6.07) is 3.37. The summed E-state index contributed by atoms with van der Waals surface area (Å²) in [4.78, 5) is 15.6. The first kappa shape index (κ1) is 13.6. The lowest BCUT2D eigenvalue weighted by Crippen LogP contribution is -1.98. The van der Waals surface area contributed by atoms with E-state index in [9.17, 15) is 4.79 Å². The summed E-state index contributed by atoms with van der Waals surface area (Å²) in [5.41, 5.74) is 2.18. The summed E-state index contributed by atoms with van der Waals surface area (Å²) in [7, 11) is 0. The quantitative estimate of drug-likeness (QED) is 0.861. The number of carboxylic acids is 1. The van der Waals surface area contributed by atoms with Crippen molar-refractivity contribution in [1.82, 2.24) is 9.38 Å². The van der Waals surface area contributed by atoms with Crippen molar-refractivity contribution in [2.75, 3.05) is 0 Å². The summed E-state index contributed by atoms with van der Waals surface area (Å²) >= 11 is 0. The number of carbonyl (C=O) groups is 1. The van der Waals surface area contributed by atoms with E-state index in [2.05, 4.69) is 18.8 Å². The van der Waals surface area contributed by atoms with Gasteiger partial charge in [-0.05, 0) is 25.0 Å². The Hall–Kier alpha value is -1.84. The zero-order valence-corrected chi connectivity index (χ0v) is 11.5. The van der Waals surface area contributed by atoms with Crippen LogP contribution in [0.5, 0.6) is 0 Å². The van der Waals surface area contributed by atoms with Crippen LogP contribution in [0.15, 0.2) is 24.5 Å². The summed E-state index contributed by atoms with van der Waals surface area (Å²) in [6.07, 6.45) is 8.13. The van der Waals surface area contributed by atoms with Gasteiger partial charge in [-0.2, -0.15) is 0 Å². The van der Waals surface area contributed by atoms with E-state index in [1.165, 1.54) is 0 Å². The molecule has 0 amide bonds. The molecular weight excluding hydrogens is 240 g/mol. The molecule has 2 heterocycles. The molecule has 0 unspecified atom stereocenters. The van der Waals surface area contributed by atoms with Crippen LogP contribution in [0.3, 0.4) is 0 Å². The van der Waals surface area contributed by atoms with Crippen LogP contribution in [-0.2, 0) is 0 Å². The molecule has 0 aromatic carbocycles. The maximum absolute atomic E-state index is 11.0. The third-order valence-electron chi connectivity index (χ3n) is 3.41. The van der Waals surface area contributed by atoms with Crippen LogP contribution >= 0.6 is 0 Å². The number of carboxylic acid groups (broad SMARTS) is 1. The summed E-state index contributed by atoms with van der Waals surface area (Å²) < 4.78 is 1.82. The third kappa shape index (κ3) is 2.95. The Morgan fingerprint density at radius 1 is 1.26 bits per heavy atom. The molecule has 0 aliphatic heterocycles. The molecule has 19 heavy (non-hydrogen) atoms. The normalized spacial score (nSPS) is 11.3. The maximum atomic E-state index is 11.0. The van der Waals surface area contributed by atoms with Crippen molar-refractivity contribution < 1.29 is 9.90 Å². The molecule has 0 radical (unpaired) electrons. The van der Waals surface area contributed by atoms with Gasteiger partial charge in [0.05, 0.1) is 11.3 Å². The Bertz CT molecular complexity index is 569. The smallest absolute Gasteiger partial charge is 0.337 e. The molecule has 0 saturated heterocycles. The second-order valence-electron chi connectivity index (χ2n) is 4.93. The van der Waals surface area contributed by atoms with Crippen LogP contribution in [-0.4, -0.2) is 20.5 Å². The first-order chi connectivity index (χ1) is 9.15.